The lowest BCUT2D eigenvalue weighted by Crippen LogP contribution is -2.25. The first-order chi connectivity index (χ1) is 12.7. The highest BCUT2D eigenvalue weighted by atomic mass is 32.1. The van der Waals surface area contributed by atoms with Crippen LogP contribution in [0.1, 0.15) is 18.4 Å². The van der Waals surface area contributed by atoms with Crippen molar-refractivity contribution in [2.24, 2.45) is 0 Å². The molecule has 1 aliphatic rings. The van der Waals surface area contributed by atoms with Crippen LogP contribution in [-0.2, 0) is 4.74 Å². The first-order valence-electron chi connectivity index (χ1n) is 8.60. The second kappa shape index (κ2) is 7.39. The Morgan fingerprint density at radius 1 is 1.15 bits per heavy atom. The number of ether oxygens (including phenoxy) is 2. The third-order valence-electron chi connectivity index (χ3n) is 4.32. The summed E-state index contributed by atoms with van der Waals surface area (Å²) in [4.78, 5) is 14.5. The van der Waals surface area contributed by atoms with Crippen molar-refractivity contribution in [3.05, 3.63) is 42.2 Å². The van der Waals surface area contributed by atoms with Gasteiger partial charge in [-0.15, -0.1) is 0 Å². The van der Waals surface area contributed by atoms with E-state index in [-0.39, 0.29) is 6.10 Å². The number of nitrogens with zero attached hydrogens (tertiary/aromatic N) is 3. The number of nitrogen functional groups attached to an aromatic ring is 1. The number of thiazole rings is 1. The third-order valence-corrected chi connectivity index (χ3v) is 5.21. The van der Waals surface area contributed by atoms with Gasteiger partial charge in [0.15, 0.2) is 5.13 Å². The van der Waals surface area contributed by atoms with E-state index in [0.717, 1.165) is 59.3 Å². The highest BCUT2D eigenvalue weighted by molar-refractivity contribution is 7.19. The largest absolute Gasteiger partial charge is 0.489 e. The number of aromatic nitrogens is 3. The molecule has 4 rings (SSSR count). The van der Waals surface area contributed by atoms with E-state index >= 15 is 0 Å². The lowest BCUT2D eigenvalue weighted by molar-refractivity contribution is 0.0254. The fourth-order valence-electron chi connectivity index (χ4n) is 2.97. The molecule has 7 heteroatoms. The van der Waals surface area contributed by atoms with E-state index < -0.39 is 0 Å². The van der Waals surface area contributed by atoms with Crippen LogP contribution in [0.25, 0.3) is 22.0 Å². The summed E-state index contributed by atoms with van der Waals surface area (Å²) in [7, 11) is 0. The number of pyridine rings is 2. The van der Waals surface area contributed by atoms with E-state index in [1.807, 2.05) is 31.2 Å². The fraction of sp³-hybridized carbons (Fsp3) is 0.316. The first-order valence-corrected chi connectivity index (χ1v) is 9.41. The fourth-order valence-corrected chi connectivity index (χ4v) is 3.87. The zero-order chi connectivity index (χ0) is 17.9. The summed E-state index contributed by atoms with van der Waals surface area (Å²) in [6.45, 7) is 3.53. The van der Waals surface area contributed by atoms with Crippen LogP contribution in [0.2, 0.25) is 0 Å². The number of hydrogen-bond donors (Lipinski definition) is 1. The molecule has 0 spiro atoms. The van der Waals surface area contributed by atoms with Crippen LogP contribution >= 0.6 is 11.3 Å². The first kappa shape index (κ1) is 16.9. The van der Waals surface area contributed by atoms with E-state index in [1.54, 1.807) is 12.4 Å². The second-order valence-corrected chi connectivity index (χ2v) is 7.24. The van der Waals surface area contributed by atoms with Crippen molar-refractivity contribution in [2.75, 3.05) is 18.9 Å². The quantitative estimate of drug-likeness (QED) is 0.756. The Morgan fingerprint density at radius 2 is 2.00 bits per heavy atom. The van der Waals surface area contributed by atoms with E-state index in [9.17, 15) is 0 Å². The molecule has 1 saturated heterocycles. The molecule has 26 heavy (non-hydrogen) atoms. The van der Waals surface area contributed by atoms with Gasteiger partial charge in [-0.25, -0.2) is 4.98 Å². The summed E-state index contributed by atoms with van der Waals surface area (Å²) in [6, 6.07) is 7.80. The van der Waals surface area contributed by atoms with Crippen molar-refractivity contribution in [3.63, 3.8) is 0 Å². The Morgan fingerprint density at radius 3 is 2.73 bits per heavy atom. The maximum atomic E-state index is 5.99. The standard InChI is InChI=1S/C19H20N4O2S/c1-12-3-2-8-21-16(12)18-17(23-19(20)26-18)15-5-4-14(11-22-15)25-13-6-9-24-10-7-13/h2-5,8,11,13H,6-7,9-10H2,1H3,(H2,20,23). The van der Waals surface area contributed by atoms with Crippen LogP contribution in [0.3, 0.4) is 0 Å². The van der Waals surface area contributed by atoms with Crippen LogP contribution in [0.4, 0.5) is 5.13 Å². The summed E-state index contributed by atoms with van der Waals surface area (Å²) in [6.07, 6.45) is 5.54. The van der Waals surface area contributed by atoms with Gasteiger partial charge in [-0.05, 0) is 30.7 Å². The van der Waals surface area contributed by atoms with Crippen molar-refractivity contribution in [1.29, 1.82) is 0 Å². The minimum absolute atomic E-state index is 0.193. The topological polar surface area (TPSA) is 83.2 Å². The van der Waals surface area contributed by atoms with Gasteiger partial charge < -0.3 is 15.2 Å². The van der Waals surface area contributed by atoms with E-state index in [1.165, 1.54) is 11.3 Å². The SMILES string of the molecule is Cc1cccnc1-c1sc(N)nc1-c1ccc(OC2CCOCC2)cn1. The number of rotatable bonds is 4. The molecule has 0 bridgehead atoms. The molecule has 0 aromatic carbocycles. The predicted octanol–water partition coefficient (Wildman–Crippen LogP) is 3.72. The molecule has 1 aliphatic heterocycles. The van der Waals surface area contributed by atoms with Crippen LogP contribution < -0.4 is 10.5 Å². The average Bonchev–Trinajstić information content (AvgIpc) is 3.05. The molecular formula is C19H20N4O2S. The van der Waals surface area contributed by atoms with Gasteiger partial charge in [-0.3, -0.25) is 9.97 Å². The van der Waals surface area contributed by atoms with Gasteiger partial charge in [0.2, 0.25) is 0 Å². The zero-order valence-electron chi connectivity index (χ0n) is 14.5. The Labute approximate surface area is 156 Å². The summed E-state index contributed by atoms with van der Waals surface area (Å²) < 4.78 is 11.3. The van der Waals surface area contributed by atoms with Gasteiger partial charge in [0, 0.05) is 19.0 Å². The van der Waals surface area contributed by atoms with E-state index in [0.29, 0.717) is 5.13 Å². The van der Waals surface area contributed by atoms with E-state index in [4.69, 9.17) is 15.2 Å². The maximum Gasteiger partial charge on any atom is 0.181 e. The summed E-state index contributed by atoms with van der Waals surface area (Å²) in [5.74, 6) is 0.763. The molecule has 2 N–H and O–H groups in total. The highest BCUT2D eigenvalue weighted by Crippen LogP contribution is 2.37. The van der Waals surface area contributed by atoms with Crippen LogP contribution in [0.5, 0.6) is 5.75 Å². The van der Waals surface area contributed by atoms with Gasteiger partial charge in [0.1, 0.15) is 17.5 Å². The Bertz CT molecular complexity index is 889. The third kappa shape index (κ3) is 3.54. The van der Waals surface area contributed by atoms with Crippen molar-refractivity contribution < 1.29 is 9.47 Å². The average molecular weight is 368 g/mol. The molecule has 4 heterocycles. The van der Waals surface area contributed by atoms with Gasteiger partial charge in [-0.1, -0.05) is 17.4 Å². The Hall–Kier alpha value is -2.51. The normalized spacial score (nSPS) is 15.1. The molecular weight excluding hydrogens is 348 g/mol. The lowest BCUT2D eigenvalue weighted by Gasteiger charge is -2.23. The van der Waals surface area contributed by atoms with Crippen molar-refractivity contribution >= 4 is 16.5 Å². The molecule has 3 aromatic rings. The minimum atomic E-state index is 0.193. The van der Waals surface area contributed by atoms with Gasteiger partial charge in [-0.2, -0.15) is 0 Å². The summed E-state index contributed by atoms with van der Waals surface area (Å²) in [5.41, 5.74) is 9.46. The summed E-state index contributed by atoms with van der Waals surface area (Å²) in [5, 5.41) is 0.504. The van der Waals surface area contributed by atoms with E-state index in [2.05, 4.69) is 15.0 Å². The predicted molar refractivity (Wildman–Crippen MR) is 102 cm³/mol. The smallest absolute Gasteiger partial charge is 0.181 e. The second-order valence-electron chi connectivity index (χ2n) is 6.21. The van der Waals surface area contributed by atoms with Crippen molar-refractivity contribution in [3.8, 4) is 27.7 Å². The van der Waals surface area contributed by atoms with Crippen molar-refractivity contribution in [2.45, 2.75) is 25.9 Å². The van der Waals surface area contributed by atoms with Gasteiger partial charge in [0.25, 0.3) is 0 Å². The minimum Gasteiger partial charge on any atom is -0.489 e. The van der Waals surface area contributed by atoms with Crippen LogP contribution in [0, 0.1) is 6.92 Å². The maximum absolute atomic E-state index is 5.99. The molecule has 0 aliphatic carbocycles. The number of anilines is 1. The number of nitrogens with two attached hydrogens (primary N) is 1. The lowest BCUT2D eigenvalue weighted by atomic mass is 10.1. The monoisotopic (exact) mass is 368 g/mol. The molecule has 0 amide bonds. The molecule has 0 saturated carbocycles. The van der Waals surface area contributed by atoms with Gasteiger partial charge >= 0.3 is 0 Å². The number of aryl methyl sites for hydroxylation is 1. The Balaban J connectivity index is 1.61. The Kier molecular flexibility index (Phi) is 4.81. The molecule has 0 atom stereocenters. The van der Waals surface area contributed by atoms with Crippen LogP contribution in [0.15, 0.2) is 36.7 Å². The molecule has 134 valence electrons. The molecule has 6 nitrogen and oxygen atoms in total. The molecule has 1 fully saturated rings. The summed E-state index contributed by atoms with van der Waals surface area (Å²) >= 11 is 1.43. The van der Waals surface area contributed by atoms with Crippen LogP contribution in [-0.4, -0.2) is 34.3 Å². The number of hydrogen-bond acceptors (Lipinski definition) is 7. The highest BCUT2D eigenvalue weighted by Gasteiger charge is 2.19. The molecule has 0 unspecified atom stereocenters. The molecule has 0 radical (unpaired) electrons. The van der Waals surface area contributed by atoms with Crippen molar-refractivity contribution in [1.82, 2.24) is 15.0 Å². The van der Waals surface area contributed by atoms with Gasteiger partial charge in [0.05, 0.1) is 35.7 Å². The molecule has 3 aromatic heterocycles. The zero-order valence-corrected chi connectivity index (χ0v) is 15.3.